The van der Waals surface area contributed by atoms with Crippen molar-refractivity contribution in [2.45, 2.75) is 18.9 Å². The zero-order chi connectivity index (χ0) is 17.1. The lowest BCUT2D eigenvalue weighted by Gasteiger charge is -2.35. The summed E-state index contributed by atoms with van der Waals surface area (Å²) >= 11 is 0. The lowest BCUT2D eigenvalue weighted by atomic mass is 10.1. The van der Waals surface area contributed by atoms with Crippen LogP contribution in [-0.4, -0.2) is 74.6 Å². The molecule has 2 saturated heterocycles. The molecule has 1 aromatic carbocycles. The summed E-state index contributed by atoms with van der Waals surface area (Å²) in [5.41, 5.74) is 1.76. The van der Waals surface area contributed by atoms with E-state index in [0.29, 0.717) is 38.3 Å². The van der Waals surface area contributed by atoms with E-state index in [1.807, 2.05) is 53.1 Å². The summed E-state index contributed by atoms with van der Waals surface area (Å²) in [4.78, 5) is 30.6. The highest BCUT2D eigenvalue weighted by Crippen LogP contribution is 2.18. The first kappa shape index (κ1) is 16.8. The van der Waals surface area contributed by atoms with Crippen LogP contribution in [0.4, 0.5) is 5.69 Å². The number of carbonyl (C=O) groups is 2. The smallest absolute Gasteiger partial charge is 0.253 e. The van der Waals surface area contributed by atoms with Crippen LogP contribution < -0.4 is 4.90 Å². The van der Waals surface area contributed by atoms with Crippen LogP contribution in [0.3, 0.4) is 0 Å². The van der Waals surface area contributed by atoms with Gasteiger partial charge in [0.1, 0.15) is 6.10 Å². The van der Waals surface area contributed by atoms with Crippen molar-refractivity contribution in [3.05, 3.63) is 29.8 Å². The van der Waals surface area contributed by atoms with E-state index >= 15 is 0 Å². The monoisotopic (exact) mass is 331 g/mol. The predicted molar refractivity (Wildman–Crippen MR) is 92.2 cm³/mol. The van der Waals surface area contributed by atoms with Gasteiger partial charge in [0, 0.05) is 58.1 Å². The molecule has 0 unspecified atom stereocenters. The van der Waals surface area contributed by atoms with Crippen LogP contribution in [0.2, 0.25) is 0 Å². The highest BCUT2D eigenvalue weighted by Gasteiger charge is 2.31. The highest BCUT2D eigenvalue weighted by molar-refractivity contribution is 5.94. The predicted octanol–water partition coefficient (Wildman–Crippen LogP) is 1.22. The molecule has 0 aromatic heterocycles. The van der Waals surface area contributed by atoms with Gasteiger partial charge >= 0.3 is 0 Å². The zero-order valence-electron chi connectivity index (χ0n) is 14.4. The molecule has 3 rings (SSSR count). The van der Waals surface area contributed by atoms with Crippen LogP contribution in [0, 0.1) is 0 Å². The lowest BCUT2D eigenvalue weighted by Crippen LogP contribution is -2.52. The van der Waals surface area contributed by atoms with Gasteiger partial charge < -0.3 is 19.4 Å². The van der Waals surface area contributed by atoms with Crippen LogP contribution in [0.1, 0.15) is 23.2 Å². The Labute approximate surface area is 143 Å². The molecule has 0 spiro atoms. The third-order valence-electron chi connectivity index (χ3n) is 4.71. The minimum absolute atomic E-state index is 0.0320. The van der Waals surface area contributed by atoms with E-state index in [0.717, 1.165) is 18.5 Å². The molecule has 0 aliphatic carbocycles. The van der Waals surface area contributed by atoms with Crippen molar-refractivity contribution in [2.75, 3.05) is 51.8 Å². The van der Waals surface area contributed by atoms with Gasteiger partial charge in [-0.3, -0.25) is 9.59 Å². The Morgan fingerprint density at radius 1 is 1.04 bits per heavy atom. The van der Waals surface area contributed by atoms with Gasteiger partial charge in [-0.1, -0.05) is 0 Å². The Hall–Kier alpha value is -2.08. The van der Waals surface area contributed by atoms with Gasteiger partial charge in [0.2, 0.25) is 0 Å². The number of piperazine rings is 1. The number of benzene rings is 1. The molecule has 1 aromatic rings. The highest BCUT2D eigenvalue weighted by atomic mass is 16.5. The van der Waals surface area contributed by atoms with Gasteiger partial charge in [0.05, 0.1) is 0 Å². The van der Waals surface area contributed by atoms with Gasteiger partial charge in [-0.05, 0) is 37.1 Å². The van der Waals surface area contributed by atoms with E-state index in [1.54, 1.807) is 0 Å². The number of hydrogen-bond donors (Lipinski definition) is 0. The molecule has 2 aliphatic heterocycles. The third kappa shape index (κ3) is 3.53. The number of amides is 2. The molecule has 0 saturated carbocycles. The summed E-state index contributed by atoms with van der Waals surface area (Å²) in [6.07, 6.45) is 1.50. The number of rotatable bonds is 3. The van der Waals surface area contributed by atoms with Crippen molar-refractivity contribution in [1.29, 1.82) is 0 Å². The van der Waals surface area contributed by atoms with E-state index in [1.165, 1.54) is 0 Å². The fourth-order valence-electron chi connectivity index (χ4n) is 3.19. The summed E-state index contributed by atoms with van der Waals surface area (Å²) in [7, 11) is 3.95. The van der Waals surface area contributed by atoms with E-state index in [9.17, 15) is 9.59 Å². The molecule has 0 bridgehead atoms. The Morgan fingerprint density at radius 2 is 1.67 bits per heavy atom. The minimum Gasteiger partial charge on any atom is -0.378 e. The second-order valence-electron chi connectivity index (χ2n) is 6.56. The van der Waals surface area contributed by atoms with Crippen molar-refractivity contribution in [2.24, 2.45) is 0 Å². The van der Waals surface area contributed by atoms with Crippen molar-refractivity contribution < 1.29 is 14.3 Å². The number of nitrogens with zero attached hydrogens (tertiary/aromatic N) is 3. The van der Waals surface area contributed by atoms with Crippen LogP contribution in [-0.2, 0) is 9.53 Å². The number of ether oxygens (including phenoxy) is 1. The molecule has 2 heterocycles. The SMILES string of the molecule is CN(C)c1ccc(C(=O)N2CCN(C(=O)[C@@H]3CCCO3)CC2)cc1. The Kier molecular flexibility index (Phi) is 5.04. The summed E-state index contributed by atoms with van der Waals surface area (Å²) < 4.78 is 5.47. The van der Waals surface area contributed by atoms with E-state index in [2.05, 4.69) is 0 Å². The molecule has 2 aliphatic rings. The summed E-state index contributed by atoms with van der Waals surface area (Å²) in [6, 6.07) is 7.62. The molecule has 2 amide bonds. The average Bonchev–Trinajstić information content (AvgIpc) is 3.15. The van der Waals surface area contributed by atoms with Gasteiger partial charge in [0.25, 0.3) is 11.8 Å². The molecule has 6 heteroatoms. The average molecular weight is 331 g/mol. The molecule has 2 fully saturated rings. The Bertz CT molecular complexity index is 586. The van der Waals surface area contributed by atoms with Crippen LogP contribution in [0.15, 0.2) is 24.3 Å². The fourth-order valence-corrected chi connectivity index (χ4v) is 3.19. The first-order valence-corrected chi connectivity index (χ1v) is 8.53. The number of carbonyl (C=O) groups excluding carboxylic acids is 2. The Morgan fingerprint density at radius 3 is 2.21 bits per heavy atom. The topological polar surface area (TPSA) is 53.1 Å². The molecular formula is C18H25N3O3. The van der Waals surface area contributed by atoms with Crippen LogP contribution >= 0.6 is 0 Å². The molecule has 0 radical (unpaired) electrons. The van der Waals surface area contributed by atoms with E-state index < -0.39 is 0 Å². The summed E-state index contributed by atoms with van der Waals surface area (Å²) in [5.74, 6) is 0.111. The fraction of sp³-hybridized carbons (Fsp3) is 0.556. The van der Waals surface area contributed by atoms with Gasteiger partial charge in [-0.2, -0.15) is 0 Å². The van der Waals surface area contributed by atoms with E-state index in [-0.39, 0.29) is 17.9 Å². The molecular weight excluding hydrogens is 306 g/mol. The molecule has 130 valence electrons. The summed E-state index contributed by atoms with van der Waals surface area (Å²) in [5, 5.41) is 0. The maximum Gasteiger partial charge on any atom is 0.253 e. The van der Waals surface area contributed by atoms with Crippen molar-refractivity contribution in [1.82, 2.24) is 9.80 Å². The maximum atomic E-state index is 12.6. The third-order valence-corrected chi connectivity index (χ3v) is 4.71. The second kappa shape index (κ2) is 7.21. The van der Waals surface area contributed by atoms with Crippen molar-refractivity contribution in [3.63, 3.8) is 0 Å². The van der Waals surface area contributed by atoms with E-state index in [4.69, 9.17) is 4.74 Å². The number of hydrogen-bond acceptors (Lipinski definition) is 4. The lowest BCUT2D eigenvalue weighted by molar-refractivity contribution is -0.142. The van der Waals surface area contributed by atoms with Gasteiger partial charge in [-0.25, -0.2) is 0 Å². The second-order valence-corrected chi connectivity index (χ2v) is 6.56. The normalized spacial score (nSPS) is 21.0. The minimum atomic E-state index is -0.272. The Balaban J connectivity index is 1.55. The summed E-state index contributed by atoms with van der Waals surface area (Å²) in [6.45, 7) is 3.00. The molecule has 6 nitrogen and oxygen atoms in total. The van der Waals surface area contributed by atoms with Crippen molar-refractivity contribution in [3.8, 4) is 0 Å². The van der Waals surface area contributed by atoms with Crippen LogP contribution in [0.25, 0.3) is 0 Å². The van der Waals surface area contributed by atoms with Crippen molar-refractivity contribution >= 4 is 17.5 Å². The maximum absolute atomic E-state index is 12.6. The molecule has 0 N–H and O–H groups in total. The quantitative estimate of drug-likeness (QED) is 0.836. The molecule has 24 heavy (non-hydrogen) atoms. The zero-order valence-corrected chi connectivity index (χ0v) is 14.4. The largest absolute Gasteiger partial charge is 0.378 e. The van der Waals surface area contributed by atoms with Gasteiger partial charge in [-0.15, -0.1) is 0 Å². The first-order chi connectivity index (χ1) is 11.6. The first-order valence-electron chi connectivity index (χ1n) is 8.53. The van der Waals surface area contributed by atoms with Gasteiger partial charge in [0.15, 0.2) is 0 Å². The standard InChI is InChI=1S/C18H25N3O3/c1-19(2)15-7-5-14(6-8-15)17(22)20-9-11-21(12-10-20)18(23)16-4-3-13-24-16/h5-8,16H,3-4,9-13H2,1-2H3/t16-/m0/s1. The number of anilines is 1. The molecule has 1 atom stereocenters. The van der Waals surface area contributed by atoms with Crippen LogP contribution in [0.5, 0.6) is 0 Å².